The number of fused-ring (bicyclic) bond motifs is 1. The first-order valence-electron chi connectivity index (χ1n) is 12.8. The highest BCUT2D eigenvalue weighted by molar-refractivity contribution is 8.16. The number of hydrogen-bond donors (Lipinski definition) is 0. The lowest BCUT2D eigenvalue weighted by molar-refractivity contribution is -0.139. The van der Waals surface area contributed by atoms with Gasteiger partial charge in [-0.25, -0.2) is 9.79 Å². The van der Waals surface area contributed by atoms with E-state index in [1.807, 2.05) is 63.7 Å². The molecule has 9 nitrogen and oxygen atoms in total. The molecule has 1 saturated heterocycles. The summed E-state index contributed by atoms with van der Waals surface area (Å²) in [5, 5.41) is 2.61. The maximum Gasteiger partial charge on any atom is 0.338 e. The molecule has 0 aliphatic carbocycles. The number of ether oxygens (including phenoxy) is 4. The van der Waals surface area contributed by atoms with Crippen molar-refractivity contribution >= 4 is 34.5 Å². The maximum absolute atomic E-state index is 13.7. The number of amides is 1. The summed E-state index contributed by atoms with van der Waals surface area (Å²) in [6.07, 6.45) is 0.158. The monoisotopic (exact) mass is 549 g/mol. The number of carbonyl (C=O) groups is 2. The van der Waals surface area contributed by atoms with E-state index in [0.717, 1.165) is 11.3 Å². The Kier molecular flexibility index (Phi) is 8.23. The van der Waals surface area contributed by atoms with E-state index in [1.54, 1.807) is 21.1 Å². The molecule has 2 aromatic carbocycles. The van der Waals surface area contributed by atoms with Gasteiger partial charge in [0.25, 0.3) is 0 Å². The van der Waals surface area contributed by atoms with Crippen molar-refractivity contribution < 1.29 is 28.5 Å². The second-order valence-electron chi connectivity index (χ2n) is 9.02. The molecule has 1 amide bonds. The van der Waals surface area contributed by atoms with Gasteiger partial charge in [-0.05, 0) is 30.5 Å². The molecule has 1 fully saturated rings. The standard InChI is InChI=1S/C29H31N3O6S/c1-4-38-28(34)25-26(19-8-6-5-7-9-19)30-29-32(27(25)22-17-21(35-2)10-11-23(22)36-3)20(18-39-29)16-24(33)31-12-14-37-15-13-31/h5-11,17-18,27H,4,12-16H2,1-3H3/t27-/m0/s1. The third-order valence-corrected chi connectivity index (χ3v) is 7.67. The van der Waals surface area contributed by atoms with Crippen LogP contribution in [0.3, 0.4) is 0 Å². The van der Waals surface area contributed by atoms with Gasteiger partial charge in [-0.15, -0.1) is 0 Å². The molecule has 0 aromatic heterocycles. The predicted octanol–water partition coefficient (Wildman–Crippen LogP) is 4.23. The van der Waals surface area contributed by atoms with Crippen LogP contribution in [0.4, 0.5) is 0 Å². The first-order valence-corrected chi connectivity index (χ1v) is 13.7. The maximum atomic E-state index is 13.7. The Bertz CT molecular complexity index is 1330. The summed E-state index contributed by atoms with van der Waals surface area (Å²) in [5.74, 6) is 0.705. The van der Waals surface area contributed by atoms with E-state index in [4.69, 9.17) is 23.9 Å². The second-order valence-corrected chi connectivity index (χ2v) is 9.86. The molecule has 10 heteroatoms. The average Bonchev–Trinajstić information content (AvgIpc) is 3.38. The minimum atomic E-state index is -0.671. The van der Waals surface area contributed by atoms with Gasteiger partial charge in [-0.3, -0.25) is 4.79 Å². The van der Waals surface area contributed by atoms with Gasteiger partial charge >= 0.3 is 5.97 Å². The molecule has 3 heterocycles. The molecular formula is C29H31N3O6S. The number of methoxy groups -OCH3 is 2. The Balaban J connectivity index is 1.66. The second kappa shape index (κ2) is 12.0. The molecule has 39 heavy (non-hydrogen) atoms. The molecule has 0 bridgehead atoms. The zero-order valence-electron chi connectivity index (χ0n) is 22.2. The Morgan fingerprint density at radius 3 is 2.54 bits per heavy atom. The molecule has 0 N–H and O–H groups in total. The van der Waals surface area contributed by atoms with Crippen LogP contribution in [0.5, 0.6) is 11.5 Å². The minimum absolute atomic E-state index is 0.00159. The van der Waals surface area contributed by atoms with E-state index < -0.39 is 12.0 Å². The largest absolute Gasteiger partial charge is 0.497 e. The van der Waals surface area contributed by atoms with E-state index in [2.05, 4.69) is 0 Å². The number of nitrogens with zero attached hydrogens (tertiary/aromatic N) is 3. The van der Waals surface area contributed by atoms with Gasteiger partial charge in [-0.1, -0.05) is 42.1 Å². The van der Waals surface area contributed by atoms with E-state index >= 15 is 0 Å². The number of benzene rings is 2. The van der Waals surface area contributed by atoms with Crippen LogP contribution in [-0.4, -0.2) is 74.0 Å². The van der Waals surface area contributed by atoms with Gasteiger partial charge in [0.05, 0.1) is 57.8 Å². The lowest BCUT2D eigenvalue weighted by Gasteiger charge is -2.38. The summed E-state index contributed by atoms with van der Waals surface area (Å²) in [6.45, 7) is 4.14. The lowest BCUT2D eigenvalue weighted by atomic mass is 9.90. The van der Waals surface area contributed by atoms with Crippen molar-refractivity contribution in [3.63, 3.8) is 0 Å². The van der Waals surface area contributed by atoms with Gasteiger partial charge in [0.2, 0.25) is 5.91 Å². The first kappa shape index (κ1) is 26.8. The Labute approximate surface area is 232 Å². The van der Waals surface area contributed by atoms with E-state index in [0.29, 0.717) is 59.8 Å². The lowest BCUT2D eigenvalue weighted by Crippen LogP contribution is -2.42. The smallest absolute Gasteiger partial charge is 0.338 e. The summed E-state index contributed by atoms with van der Waals surface area (Å²) in [6, 6.07) is 14.4. The topological polar surface area (TPSA) is 89.9 Å². The molecule has 0 spiro atoms. The minimum Gasteiger partial charge on any atom is -0.497 e. The SMILES string of the molecule is CCOC(=O)C1=C(c2ccccc2)N=C2SC=C(CC(=O)N3CCOCC3)N2[C@H]1c1cc(OC)ccc1OC. The molecule has 204 valence electrons. The van der Waals surface area contributed by atoms with Crippen LogP contribution in [0.2, 0.25) is 0 Å². The van der Waals surface area contributed by atoms with Crippen molar-refractivity contribution in [2.45, 2.75) is 19.4 Å². The third kappa shape index (κ3) is 5.39. The highest BCUT2D eigenvalue weighted by Crippen LogP contribution is 2.49. The van der Waals surface area contributed by atoms with Crippen LogP contribution in [0.1, 0.15) is 30.5 Å². The van der Waals surface area contributed by atoms with Gasteiger partial charge in [0, 0.05) is 29.9 Å². The summed E-state index contributed by atoms with van der Waals surface area (Å²) in [5.41, 5.74) is 3.13. The van der Waals surface area contributed by atoms with E-state index in [9.17, 15) is 9.59 Å². The third-order valence-electron chi connectivity index (χ3n) is 6.78. The predicted molar refractivity (Wildman–Crippen MR) is 149 cm³/mol. The first-order chi connectivity index (χ1) is 19.0. The fourth-order valence-electron chi connectivity index (χ4n) is 4.92. The number of rotatable bonds is 8. The average molecular weight is 550 g/mol. The van der Waals surface area contributed by atoms with E-state index in [1.165, 1.54) is 11.8 Å². The van der Waals surface area contributed by atoms with Crippen molar-refractivity contribution in [1.82, 2.24) is 9.80 Å². The van der Waals surface area contributed by atoms with Gasteiger partial charge < -0.3 is 28.7 Å². The zero-order valence-corrected chi connectivity index (χ0v) is 23.0. The number of amidine groups is 1. The normalized spacial score (nSPS) is 18.8. The number of morpholine rings is 1. The molecule has 0 radical (unpaired) electrons. The van der Waals surface area contributed by atoms with Gasteiger partial charge in [-0.2, -0.15) is 0 Å². The molecule has 2 aromatic rings. The van der Waals surface area contributed by atoms with Crippen molar-refractivity contribution in [1.29, 1.82) is 0 Å². The summed E-state index contributed by atoms with van der Waals surface area (Å²) < 4.78 is 22.3. The van der Waals surface area contributed by atoms with Gasteiger partial charge in [0.1, 0.15) is 11.5 Å². The summed E-state index contributed by atoms with van der Waals surface area (Å²) in [4.78, 5) is 35.8. The Hall–Kier alpha value is -3.76. The molecule has 1 atom stereocenters. The van der Waals surface area contributed by atoms with Crippen LogP contribution < -0.4 is 9.47 Å². The molecule has 0 unspecified atom stereocenters. The quantitative estimate of drug-likeness (QED) is 0.452. The zero-order chi connectivity index (χ0) is 27.4. The fourth-order valence-corrected chi connectivity index (χ4v) is 5.83. The molecule has 5 rings (SSSR count). The van der Waals surface area contributed by atoms with Crippen LogP contribution in [0.15, 0.2) is 70.2 Å². The van der Waals surface area contributed by atoms with Crippen LogP contribution in [0, 0.1) is 0 Å². The molecular weight excluding hydrogens is 518 g/mol. The fraction of sp³-hybridized carbons (Fsp3) is 0.345. The summed E-state index contributed by atoms with van der Waals surface area (Å²) >= 11 is 1.43. The van der Waals surface area contributed by atoms with Crippen LogP contribution in [0.25, 0.3) is 5.70 Å². The Morgan fingerprint density at radius 2 is 1.85 bits per heavy atom. The van der Waals surface area contributed by atoms with Crippen molar-refractivity contribution in [2.75, 3.05) is 47.1 Å². The number of carbonyl (C=O) groups excluding carboxylic acids is 2. The van der Waals surface area contributed by atoms with Gasteiger partial charge in [0.15, 0.2) is 5.17 Å². The number of esters is 1. The van der Waals surface area contributed by atoms with Crippen LogP contribution in [-0.2, 0) is 19.1 Å². The van der Waals surface area contributed by atoms with Crippen molar-refractivity contribution in [2.24, 2.45) is 4.99 Å². The van der Waals surface area contributed by atoms with Crippen molar-refractivity contribution in [3.8, 4) is 11.5 Å². The molecule has 3 aliphatic heterocycles. The number of aliphatic imine (C=N–C) groups is 1. The number of hydrogen-bond acceptors (Lipinski definition) is 9. The Morgan fingerprint density at radius 1 is 1.08 bits per heavy atom. The van der Waals surface area contributed by atoms with Crippen LogP contribution >= 0.6 is 11.8 Å². The molecule has 0 saturated carbocycles. The number of thioether (sulfide) groups is 1. The summed E-state index contributed by atoms with van der Waals surface area (Å²) in [7, 11) is 3.18. The van der Waals surface area contributed by atoms with Crippen molar-refractivity contribution in [3.05, 3.63) is 76.3 Å². The van der Waals surface area contributed by atoms with E-state index in [-0.39, 0.29) is 18.9 Å². The highest BCUT2D eigenvalue weighted by atomic mass is 32.2. The molecule has 3 aliphatic rings. The highest BCUT2D eigenvalue weighted by Gasteiger charge is 2.44.